The number of nitrogens with one attached hydrogen (secondary N) is 2. The number of carbonyl (C=O) groups excluding carboxylic acids is 2. The summed E-state index contributed by atoms with van der Waals surface area (Å²) in [5, 5.41) is 5.64. The molecular weight excluding hydrogens is 421 g/mol. The number of aromatic nitrogens is 1. The molecule has 0 aliphatic carbocycles. The number of likely N-dealkylation sites (tertiary alicyclic amines) is 1. The van der Waals surface area contributed by atoms with Gasteiger partial charge in [-0.15, -0.1) is 0 Å². The molecule has 1 aliphatic rings. The first kappa shape index (κ1) is 24.2. The van der Waals surface area contributed by atoms with E-state index < -0.39 is 11.7 Å². The lowest BCUT2D eigenvalue weighted by molar-refractivity contribution is -0.138. The second kappa shape index (κ2) is 10.8. The van der Waals surface area contributed by atoms with Gasteiger partial charge in [-0.25, -0.2) is 4.98 Å². The van der Waals surface area contributed by atoms with Crippen LogP contribution in [0, 0.1) is 5.92 Å². The minimum Gasteiger partial charge on any atom is -0.368 e. The van der Waals surface area contributed by atoms with Crippen LogP contribution in [0.5, 0.6) is 0 Å². The number of amides is 2. The molecule has 0 bridgehead atoms. The van der Waals surface area contributed by atoms with Crippen LogP contribution in [0.1, 0.15) is 51.5 Å². The minimum absolute atomic E-state index is 0.0210. The summed E-state index contributed by atoms with van der Waals surface area (Å²) in [6.07, 6.45) is -0.294. The Balaban J connectivity index is 1.82. The maximum Gasteiger partial charge on any atom is 0.417 e. The first-order chi connectivity index (χ1) is 14.1. The Morgan fingerprint density at radius 2 is 2.13 bits per heavy atom. The molecule has 2 atom stereocenters. The summed E-state index contributed by atoms with van der Waals surface area (Å²) in [6, 6.07) is 0.908. The van der Waals surface area contributed by atoms with Crippen molar-refractivity contribution in [3.63, 3.8) is 0 Å². The van der Waals surface area contributed by atoms with Crippen LogP contribution in [0.25, 0.3) is 0 Å². The van der Waals surface area contributed by atoms with Gasteiger partial charge in [-0.3, -0.25) is 9.59 Å². The number of piperidine rings is 1. The third-order valence-corrected chi connectivity index (χ3v) is 5.34. The molecule has 2 amide bonds. The van der Waals surface area contributed by atoms with E-state index in [0.29, 0.717) is 19.3 Å². The minimum atomic E-state index is -4.52. The fraction of sp³-hybridized carbons (Fsp3) is 0.650. The quantitative estimate of drug-likeness (QED) is 0.628. The van der Waals surface area contributed by atoms with Gasteiger partial charge in [0.25, 0.3) is 0 Å². The first-order valence-corrected chi connectivity index (χ1v) is 10.5. The smallest absolute Gasteiger partial charge is 0.368 e. The number of nitrogens with zero attached hydrogens (tertiary/aromatic N) is 2. The summed E-state index contributed by atoms with van der Waals surface area (Å²) in [5.41, 5.74) is -0.931. The highest BCUT2D eigenvalue weighted by Gasteiger charge is 2.32. The number of alkyl halides is 3. The first-order valence-electron chi connectivity index (χ1n) is 10.2. The van der Waals surface area contributed by atoms with Crippen molar-refractivity contribution in [1.29, 1.82) is 0 Å². The number of anilines is 1. The highest BCUT2D eigenvalue weighted by Crippen LogP contribution is 2.32. The van der Waals surface area contributed by atoms with Crippen molar-refractivity contribution in [3.8, 4) is 0 Å². The average molecular weight is 449 g/mol. The lowest BCUT2D eigenvalue weighted by Crippen LogP contribution is -2.47. The van der Waals surface area contributed by atoms with E-state index in [9.17, 15) is 22.8 Å². The van der Waals surface area contributed by atoms with Crippen molar-refractivity contribution in [2.24, 2.45) is 5.92 Å². The van der Waals surface area contributed by atoms with Crippen molar-refractivity contribution < 1.29 is 22.8 Å². The molecule has 0 radical (unpaired) electrons. The van der Waals surface area contributed by atoms with Crippen LogP contribution in [-0.4, -0.2) is 47.4 Å². The van der Waals surface area contributed by atoms with Gasteiger partial charge in [0.1, 0.15) is 5.82 Å². The van der Waals surface area contributed by atoms with Crippen molar-refractivity contribution >= 4 is 29.2 Å². The Labute approximate surface area is 179 Å². The summed E-state index contributed by atoms with van der Waals surface area (Å²) < 4.78 is 38.0. The summed E-state index contributed by atoms with van der Waals surface area (Å²) in [5.74, 6) is -0.267. The number of hydrogen-bond donors (Lipinski definition) is 2. The van der Waals surface area contributed by atoms with E-state index in [1.54, 1.807) is 4.90 Å². The number of carbonyl (C=O) groups is 2. The average Bonchev–Trinajstić information content (AvgIpc) is 2.68. The van der Waals surface area contributed by atoms with Gasteiger partial charge in [0.05, 0.1) is 16.5 Å². The van der Waals surface area contributed by atoms with E-state index in [1.807, 2.05) is 6.92 Å². The molecule has 2 rings (SSSR count). The fourth-order valence-electron chi connectivity index (χ4n) is 3.45. The fourth-order valence-corrected chi connectivity index (χ4v) is 3.69. The van der Waals surface area contributed by atoms with E-state index in [0.717, 1.165) is 31.7 Å². The molecule has 30 heavy (non-hydrogen) atoms. The van der Waals surface area contributed by atoms with E-state index in [1.165, 1.54) is 0 Å². The number of pyridine rings is 1. The van der Waals surface area contributed by atoms with E-state index >= 15 is 0 Å². The Morgan fingerprint density at radius 3 is 2.77 bits per heavy atom. The maximum atomic E-state index is 12.7. The van der Waals surface area contributed by atoms with Gasteiger partial charge in [-0.2, -0.15) is 13.2 Å². The Kier molecular flexibility index (Phi) is 8.76. The summed E-state index contributed by atoms with van der Waals surface area (Å²) in [4.78, 5) is 30.3. The highest BCUT2D eigenvalue weighted by atomic mass is 35.5. The third-order valence-electron chi connectivity index (χ3n) is 5.06. The molecule has 2 heterocycles. The van der Waals surface area contributed by atoms with Gasteiger partial charge in [0.2, 0.25) is 11.8 Å². The molecule has 1 saturated heterocycles. The molecule has 0 saturated carbocycles. The number of hydrogen-bond acceptors (Lipinski definition) is 4. The predicted molar refractivity (Wildman–Crippen MR) is 109 cm³/mol. The van der Waals surface area contributed by atoms with Crippen LogP contribution >= 0.6 is 11.6 Å². The molecule has 168 valence electrons. The predicted octanol–water partition coefficient (Wildman–Crippen LogP) is 4.10. The van der Waals surface area contributed by atoms with Crippen LogP contribution in [-0.2, 0) is 15.8 Å². The van der Waals surface area contributed by atoms with Crippen molar-refractivity contribution in [2.75, 3.05) is 25.0 Å². The summed E-state index contributed by atoms with van der Waals surface area (Å²) >= 11 is 5.85. The second-order valence-electron chi connectivity index (χ2n) is 7.61. The molecule has 1 aliphatic heterocycles. The summed E-state index contributed by atoms with van der Waals surface area (Å²) in [7, 11) is 0. The van der Waals surface area contributed by atoms with Gasteiger partial charge >= 0.3 is 6.18 Å². The molecule has 1 fully saturated rings. The second-order valence-corrected chi connectivity index (χ2v) is 8.01. The molecule has 0 aromatic carbocycles. The van der Waals surface area contributed by atoms with Crippen LogP contribution in [0.15, 0.2) is 12.3 Å². The van der Waals surface area contributed by atoms with Crippen LogP contribution < -0.4 is 10.6 Å². The highest BCUT2D eigenvalue weighted by molar-refractivity contribution is 6.32. The van der Waals surface area contributed by atoms with E-state index in [4.69, 9.17) is 11.6 Å². The van der Waals surface area contributed by atoms with Crippen molar-refractivity contribution in [2.45, 2.75) is 58.2 Å². The molecule has 10 heteroatoms. The van der Waals surface area contributed by atoms with Gasteiger partial charge in [0.15, 0.2) is 0 Å². The normalized spacial score (nSPS) is 18.1. The molecular formula is C20H28ClF3N4O2. The Morgan fingerprint density at radius 1 is 1.40 bits per heavy atom. The molecule has 1 aromatic rings. The maximum absolute atomic E-state index is 12.7. The van der Waals surface area contributed by atoms with Gasteiger partial charge in [0, 0.05) is 38.3 Å². The monoisotopic (exact) mass is 448 g/mol. The lowest BCUT2D eigenvalue weighted by atomic mass is 9.96. The van der Waals surface area contributed by atoms with E-state index in [-0.39, 0.29) is 47.6 Å². The van der Waals surface area contributed by atoms with Crippen LogP contribution in [0.3, 0.4) is 0 Å². The van der Waals surface area contributed by atoms with Crippen LogP contribution in [0.4, 0.5) is 19.0 Å². The summed E-state index contributed by atoms with van der Waals surface area (Å²) in [6.45, 7) is 5.18. The Hall–Kier alpha value is -2.03. The zero-order chi connectivity index (χ0) is 22.3. The van der Waals surface area contributed by atoms with Gasteiger partial charge in [-0.1, -0.05) is 24.9 Å². The largest absolute Gasteiger partial charge is 0.417 e. The molecule has 2 unspecified atom stereocenters. The SMILES string of the molecule is CCCC(C)NC(=O)C1CCCN(C(=O)CCNc2ncc(C(F)(F)F)cc2Cl)C1. The number of halogens is 4. The lowest BCUT2D eigenvalue weighted by Gasteiger charge is -2.32. The van der Waals surface area contributed by atoms with E-state index in [2.05, 4.69) is 22.5 Å². The Bertz CT molecular complexity index is 745. The molecule has 0 spiro atoms. The zero-order valence-corrected chi connectivity index (χ0v) is 17.9. The molecule has 1 aromatic heterocycles. The topological polar surface area (TPSA) is 74.3 Å². The number of rotatable bonds is 8. The molecule has 2 N–H and O–H groups in total. The van der Waals surface area contributed by atoms with Gasteiger partial charge in [-0.05, 0) is 32.3 Å². The standard InChI is InChI=1S/C20H28ClF3N4O2/c1-3-5-13(2)27-19(30)14-6-4-9-28(12-14)17(29)7-8-25-18-16(21)10-15(11-26-18)20(22,23)24/h10-11,13-14H,3-9,12H2,1-2H3,(H,25,26)(H,27,30). The van der Waals surface area contributed by atoms with Crippen molar-refractivity contribution in [3.05, 3.63) is 22.8 Å². The molecule has 6 nitrogen and oxygen atoms in total. The zero-order valence-electron chi connectivity index (χ0n) is 17.2. The van der Waals surface area contributed by atoms with Gasteiger partial charge < -0.3 is 15.5 Å². The third kappa shape index (κ3) is 7.04. The van der Waals surface area contributed by atoms with Crippen LogP contribution in [0.2, 0.25) is 5.02 Å². The van der Waals surface area contributed by atoms with Crippen molar-refractivity contribution in [1.82, 2.24) is 15.2 Å².